The quantitative estimate of drug-likeness (QED) is 0.840. The van der Waals surface area contributed by atoms with E-state index in [9.17, 15) is 0 Å². The summed E-state index contributed by atoms with van der Waals surface area (Å²) in [6.07, 6.45) is 6.93. The Balaban J connectivity index is 1.89. The number of imidazole rings is 1. The molecule has 0 aliphatic heterocycles. The number of hydrogen-bond acceptors (Lipinski definition) is 3. The largest absolute Gasteiger partial charge is 0.497 e. The Morgan fingerprint density at radius 3 is 2.60 bits per heavy atom. The van der Waals surface area contributed by atoms with E-state index < -0.39 is 0 Å². The lowest BCUT2D eigenvalue weighted by molar-refractivity contribution is 0.414. The molecule has 0 saturated carbocycles. The number of ether oxygens (including phenoxy) is 1. The van der Waals surface area contributed by atoms with Crippen LogP contribution in [0.3, 0.4) is 0 Å². The lowest BCUT2D eigenvalue weighted by Crippen LogP contribution is -2.28. The number of nitrogens with zero attached hydrogens (tertiary/aromatic N) is 2. The molecule has 0 spiro atoms. The second-order valence-corrected chi connectivity index (χ2v) is 5.03. The van der Waals surface area contributed by atoms with Gasteiger partial charge in [0.15, 0.2) is 0 Å². The third kappa shape index (κ3) is 3.84. The number of aryl methyl sites for hydroxylation is 2. The average Bonchev–Trinajstić information content (AvgIpc) is 2.89. The van der Waals surface area contributed by atoms with Gasteiger partial charge in [-0.15, -0.1) is 0 Å². The minimum atomic E-state index is 0.458. The molecule has 20 heavy (non-hydrogen) atoms. The van der Waals surface area contributed by atoms with Crippen molar-refractivity contribution in [1.82, 2.24) is 14.9 Å². The molecule has 2 aromatic rings. The molecule has 1 unspecified atom stereocenters. The third-order valence-corrected chi connectivity index (χ3v) is 3.69. The van der Waals surface area contributed by atoms with Crippen LogP contribution >= 0.6 is 0 Å². The summed E-state index contributed by atoms with van der Waals surface area (Å²) >= 11 is 0. The molecule has 0 radical (unpaired) electrons. The summed E-state index contributed by atoms with van der Waals surface area (Å²) in [6, 6.07) is 8.75. The fraction of sp³-hybridized carbons (Fsp3) is 0.438. The van der Waals surface area contributed by atoms with Crippen molar-refractivity contribution in [2.45, 2.75) is 25.3 Å². The Labute approximate surface area is 120 Å². The van der Waals surface area contributed by atoms with E-state index >= 15 is 0 Å². The van der Waals surface area contributed by atoms with Crippen LogP contribution in [0.25, 0.3) is 0 Å². The van der Waals surface area contributed by atoms with Crippen LogP contribution in [0.15, 0.2) is 36.7 Å². The lowest BCUT2D eigenvalue weighted by Gasteiger charge is -2.16. The Morgan fingerprint density at radius 1 is 1.30 bits per heavy atom. The maximum atomic E-state index is 5.18. The topological polar surface area (TPSA) is 39.1 Å². The summed E-state index contributed by atoms with van der Waals surface area (Å²) in [4.78, 5) is 4.37. The number of benzene rings is 1. The van der Waals surface area contributed by atoms with Crippen molar-refractivity contribution < 1.29 is 4.74 Å². The number of rotatable bonds is 7. The molecule has 4 heteroatoms. The van der Waals surface area contributed by atoms with Crippen molar-refractivity contribution in [3.05, 3.63) is 48.0 Å². The van der Waals surface area contributed by atoms with Gasteiger partial charge in [-0.2, -0.15) is 0 Å². The van der Waals surface area contributed by atoms with Crippen molar-refractivity contribution in [2.75, 3.05) is 14.2 Å². The van der Waals surface area contributed by atoms with Gasteiger partial charge in [0.05, 0.1) is 7.11 Å². The highest BCUT2D eigenvalue weighted by molar-refractivity contribution is 5.27. The first kappa shape index (κ1) is 14.6. The van der Waals surface area contributed by atoms with E-state index in [1.807, 2.05) is 38.6 Å². The summed E-state index contributed by atoms with van der Waals surface area (Å²) in [5, 5.41) is 3.39. The maximum Gasteiger partial charge on any atom is 0.118 e. The van der Waals surface area contributed by atoms with E-state index in [-0.39, 0.29) is 0 Å². The molecule has 4 nitrogen and oxygen atoms in total. The van der Waals surface area contributed by atoms with Gasteiger partial charge in [-0.1, -0.05) is 12.1 Å². The number of methoxy groups -OCH3 is 1. The van der Waals surface area contributed by atoms with Gasteiger partial charge in [-0.25, -0.2) is 4.98 Å². The average molecular weight is 273 g/mol. The van der Waals surface area contributed by atoms with Gasteiger partial charge < -0.3 is 14.6 Å². The van der Waals surface area contributed by atoms with Crippen LogP contribution in [0.1, 0.15) is 17.8 Å². The predicted octanol–water partition coefficient (Wildman–Crippen LogP) is 2.19. The fourth-order valence-electron chi connectivity index (χ4n) is 2.34. The Morgan fingerprint density at radius 2 is 2.05 bits per heavy atom. The van der Waals surface area contributed by atoms with Crippen LogP contribution in [0.5, 0.6) is 5.75 Å². The van der Waals surface area contributed by atoms with Crippen molar-refractivity contribution >= 4 is 0 Å². The standard InChI is InChI=1S/C16H23N3O/c1-17-14(6-9-16-18-10-11-19(16)2)12-13-4-7-15(20-3)8-5-13/h4-5,7-8,10-11,14,17H,6,9,12H2,1-3H3. The SMILES string of the molecule is CNC(CCc1nccn1C)Cc1ccc(OC)cc1. The summed E-state index contributed by atoms with van der Waals surface area (Å²) < 4.78 is 7.27. The zero-order chi connectivity index (χ0) is 14.4. The molecule has 1 N–H and O–H groups in total. The lowest BCUT2D eigenvalue weighted by atomic mass is 10.0. The molecule has 1 aromatic carbocycles. The van der Waals surface area contributed by atoms with Crippen molar-refractivity contribution in [2.24, 2.45) is 7.05 Å². The number of aromatic nitrogens is 2. The summed E-state index contributed by atoms with van der Waals surface area (Å²) in [6.45, 7) is 0. The van der Waals surface area contributed by atoms with Gasteiger partial charge in [0.25, 0.3) is 0 Å². The summed E-state index contributed by atoms with van der Waals surface area (Å²) in [5.41, 5.74) is 1.32. The first-order valence-corrected chi connectivity index (χ1v) is 6.99. The van der Waals surface area contributed by atoms with Crippen molar-refractivity contribution in [3.8, 4) is 5.75 Å². The van der Waals surface area contributed by atoms with Crippen LogP contribution in [0.2, 0.25) is 0 Å². The minimum Gasteiger partial charge on any atom is -0.497 e. The molecular formula is C16H23N3O. The number of hydrogen-bond donors (Lipinski definition) is 1. The fourth-order valence-corrected chi connectivity index (χ4v) is 2.34. The first-order chi connectivity index (χ1) is 9.72. The third-order valence-electron chi connectivity index (χ3n) is 3.69. The molecular weight excluding hydrogens is 250 g/mol. The second-order valence-electron chi connectivity index (χ2n) is 5.03. The number of likely N-dealkylation sites (N-methyl/N-ethyl adjacent to an activating group) is 1. The summed E-state index contributed by atoms with van der Waals surface area (Å²) in [7, 11) is 5.76. The first-order valence-electron chi connectivity index (χ1n) is 6.99. The maximum absolute atomic E-state index is 5.18. The highest BCUT2D eigenvalue weighted by Gasteiger charge is 2.09. The molecule has 0 amide bonds. The monoisotopic (exact) mass is 273 g/mol. The van der Waals surface area contributed by atoms with E-state index in [2.05, 4.69) is 27.0 Å². The van der Waals surface area contributed by atoms with E-state index in [1.165, 1.54) is 5.56 Å². The van der Waals surface area contributed by atoms with Gasteiger partial charge in [-0.05, 0) is 37.6 Å². The highest BCUT2D eigenvalue weighted by atomic mass is 16.5. The van der Waals surface area contributed by atoms with Crippen molar-refractivity contribution in [3.63, 3.8) is 0 Å². The second kappa shape index (κ2) is 7.10. The van der Waals surface area contributed by atoms with Gasteiger partial charge in [0.2, 0.25) is 0 Å². The van der Waals surface area contributed by atoms with Crippen molar-refractivity contribution in [1.29, 1.82) is 0 Å². The molecule has 0 saturated heterocycles. The minimum absolute atomic E-state index is 0.458. The van der Waals surface area contributed by atoms with Gasteiger partial charge in [0, 0.05) is 31.9 Å². The molecule has 1 heterocycles. The molecule has 1 aromatic heterocycles. The van der Waals surface area contributed by atoms with Gasteiger partial charge >= 0.3 is 0 Å². The molecule has 2 rings (SSSR count). The van der Waals surface area contributed by atoms with E-state index in [0.29, 0.717) is 6.04 Å². The van der Waals surface area contributed by atoms with E-state index in [1.54, 1.807) is 7.11 Å². The smallest absolute Gasteiger partial charge is 0.118 e. The van der Waals surface area contributed by atoms with Gasteiger partial charge in [-0.3, -0.25) is 0 Å². The predicted molar refractivity (Wildman–Crippen MR) is 81.1 cm³/mol. The van der Waals surface area contributed by atoms with Crippen LogP contribution < -0.4 is 10.1 Å². The molecule has 0 fully saturated rings. The highest BCUT2D eigenvalue weighted by Crippen LogP contribution is 2.14. The molecule has 108 valence electrons. The Hall–Kier alpha value is -1.81. The van der Waals surface area contributed by atoms with E-state index in [0.717, 1.165) is 30.8 Å². The van der Waals surface area contributed by atoms with Crippen LogP contribution in [-0.2, 0) is 19.9 Å². The molecule has 0 aliphatic carbocycles. The van der Waals surface area contributed by atoms with E-state index in [4.69, 9.17) is 4.74 Å². The van der Waals surface area contributed by atoms with Crippen LogP contribution in [0, 0.1) is 0 Å². The zero-order valence-corrected chi connectivity index (χ0v) is 12.5. The summed E-state index contributed by atoms with van der Waals surface area (Å²) in [5.74, 6) is 2.04. The Bertz CT molecular complexity index is 519. The zero-order valence-electron chi connectivity index (χ0n) is 12.5. The van der Waals surface area contributed by atoms with Gasteiger partial charge in [0.1, 0.15) is 11.6 Å². The molecule has 0 aliphatic rings. The van der Waals surface area contributed by atoms with Crippen LogP contribution in [0.4, 0.5) is 0 Å². The normalized spacial score (nSPS) is 12.3. The van der Waals surface area contributed by atoms with Crippen LogP contribution in [-0.4, -0.2) is 29.8 Å². The molecule has 1 atom stereocenters. The molecule has 0 bridgehead atoms. The Kier molecular flexibility index (Phi) is 5.18. The number of nitrogens with one attached hydrogen (secondary N) is 1.